The average molecular weight is 336 g/mol. The van der Waals surface area contributed by atoms with Gasteiger partial charge >= 0.3 is 0 Å². The van der Waals surface area contributed by atoms with E-state index >= 15 is 0 Å². The van der Waals surface area contributed by atoms with Crippen molar-refractivity contribution in [1.82, 2.24) is 0 Å². The van der Waals surface area contributed by atoms with Gasteiger partial charge in [0.2, 0.25) is 0 Å². The molecule has 0 spiro atoms. The Labute approximate surface area is 147 Å². The van der Waals surface area contributed by atoms with E-state index in [0.717, 1.165) is 11.1 Å². The van der Waals surface area contributed by atoms with E-state index in [4.69, 9.17) is 9.47 Å². The molecule has 0 aliphatic heterocycles. The summed E-state index contributed by atoms with van der Waals surface area (Å²) in [7, 11) is 3.08. The molecular formula is C20H20N2O3. The number of amides is 1. The molecule has 0 fully saturated rings. The molecule has 2 rings (SSSR count). The molecular weight excluding hydrogens is 316 g/mol. The molecule has 5 heteroatoms. The quantitative estimate of drug-likeness (QED) is 0.665. The Bertz CT molecular complexity index is 864. The number of carbonyl (C=O) groups excluding carboxylic acids is 1. The van der Waals surface area contributed by atoms with Crippen molar-refractivity contribution in [2.45, 2.75) is 13.8 Å². The van der Waals surface area contributed by atoms with Crippen LogP contribution in [0.4, 0.5) is 5.69 Å². The maximum Gasteiger partial charge on any atom is 0.266 e. The smallest absolute Gasteiger partial charge is 0.266 e. The number of nitriles is 1. The Morgan fingerprint density at radius 1 is 1.12 bits per heavy atom. The zero-order valence-corrected chi connectivity index (χ0v) is 14.7. The summed E-state index contributed by atoms with van der Waals surface area (Å²) in [6, 6.07) is 12.9. The van der Waals surface area contributed by atoms with E-state index in [1.807, 2.05) is 38.1 Å². The van der Waals surface area contributed by atoms with Crippen LogP contribution in [0.2, 0.25) is 0 Å². The molecule has 2 aromatic carbocycles. The summed E-state index contributed by atoms with van der Waals surface area (Å²) in [5.74, 6) is 0.688. The molecule has 5 nitrogen and oxygen atoms in total. The number of aryl methyl sites for hydroxylation is 2. The molecule has 0 aliphatic carbocycles. The first-order chi connectivity index (χ1) is 12.0. The number of nitrogens with zero attached hydrogens (tertiary/aromatic N) is 1. The predicted molar refractivity (Wildman–Crippen MR) is 97.7 cm³/mol. The third kappa shape index (κ3) is 4.39. The molecule has 0 aliphatic rings. The van der Waals surface area contributed by atoms with Crippen molar-refractivity contribution >= 4 is 17.7 Å². The fraction of sp³-hybridized carbons (Fsp3) is 0.200. The number of hydrogen-bond acceptors (Lipinski definition) is 4. The van der Waals surface area contributed by atoms with Crippen LogP contribution in [0.1, 0.15) is 16.7 Å². The van der Waals surface area contributed by atoms with E-state index in [2.05, 4.69) is 5.32 Å². The van der Waals surface area contributed by atoms with Gasteiger partial charge < -0.3 is 14.8 Å². The van der Waals surface area contributed by atoms with Gasteiger partial charge in [0.05, 0.1) is 14.2 Å². The second-order valence-electron chi connectivity index (χ2n) is 5.55. The van der Waals surface area contributed by atoms with Gasteiger partial charge in [-0.05, 0) is 49.2 Å². The Hall–Kier alpha value is -3.26. The molecule has 0 unspecified atom stereocenters. The SMILES string of the molecule is COc1ccc(/C=C(\C#N)C(=O)Nc2cc(C)ccc2C)c(OC)c1. The lowest BCUT2D eigenvalue weighted by atomic mass is 10.1. The lowest BCUT2D eigenvalue weighted by molar-refractivity contribution is -0.112. The molecule has 25 heavy (non-hydrogen) atoms. The monoisotopic (exact) mass is 336 g/mol. The molecule has 0 saturated carbocycles. The average Bonchev–Trinajstić information content (AvgIpc) is 2.62. The third-order valence-electron chi connectivity index (χ3n) is 3.75. The number of carbonyl (C=O) groups is 1. The molecule has 0 aromatic heterocycles. The van der Waals surface area contributed by atoms with E-state index < -0.39 is 5.91 Å². The number of methoxy groups -OCH3 is 2. The second-order valence-corrected chi connectivity index (χ2v) is 5.55. The van der Waals surface area contributed by atoms with Gasteiger partial charge in [-0.15, -0.1) is 0 Å². The first kappa shape index (κ1) is 18.1. The van der Waals surface area contributed by atoms with Gasteiger partial charge in [-0.3, -0.25) is 4.79 Å². The van der Waals surface area contributed by atoms with E-state index in [1.54, 1.807) is 25.3 Å². The predicted octanol–water partition coefficient (Wildman–Crippen LogP) is 3.87. The normalized spacial score (nSPS) is 10.8. The summed E-state index contributed by atoms with van der Waals surface area (Å²) in [6.07, 6.45) is 1.50. The van der Waals surface area contributed by atoms with Crippen LogP contribution in [0.5, 0.6) is 11.5 Å². The number of hydrogen-bond donors (Lipinski definition) is 1. The van der Waals surface area contributed by atoms with Crippen LogP contribution >= 0.6 is 0 Å². The Balaban J connectivity index is 2.33. The van der Waals surface area contributed by atoms with Crippen LogP contribution in [0.15, 0.2) is 42.0 Å². The number of anilines is 1. The van der Waals surface area contributed by atoms with E-state index in [1.165, 1.54) is 13.2 Å². The standard InChI is InChI=1S/C20H20N2O3/c1-13-5-6-14(2)18(9-13)22-20(23)16(12-21)10-15-7-8-17(24-3)11-19(15)25-4/h5-11H,1-4H3,(H,22,23)/b16-10+. The van der Waals surface area contributed by atoms with Crippen molar-refractivity contribution in [3.8, 4) is 17.6 Å². The molecule has 0 heterocycles. The van der Waals surface area contributed by atoms with Crippen molar-refractivity contribution in [2.75, 3.05) is 19.5 Å². The highest BCUT2D eigenvalue weighted by molar-refractivity contribution is 6.10. The number of ether oxygens (including phenoxy) is 2. The minimum absolute atomic E-state index is 0.00984. The fourth-order valence-corrected chi connectivity index (χ4v) is 2.30. The summed E-state index contributed by atoms with van der Waals surface area (Å²) in [4.78, 5) is 12.5. The molecule has 0 saturated heterocycles. The van der Waals surface area contributed by atoms with Gasteiger partial charge in [0.25, 0.3) is 5.91 Å². The van der Waals surface area contributed by atoms with Gasteiger partial charge in [-0.25, -0.2) is 0 Å². The Morgan fingerprint density at radius 3 is 2.52 bits per heavy atom. The van der Waals surface area contributed by atoms with Crippen LogP contribution in [0.25, 0.3) is 6.08 Å². The molecule has 0 bridgehead atoms. The first-order valence-electron chi connectivity index (χ1n) is 7.71. The minimum Gasteiger partial charge on any atom is -0.497 e. The van der Waals surface area contributed by atoms with Crippen molar-refractivity contribution in [3.05, 3.63) is 58.7 Å². The number of nitrogens with one attached hydrogen (secondary N) is 1. The Morgan fingerprint density at radius 2 is 1.88 bits per heavy atom. The first-order valence-corrected chi connectivity index (χ1v) is 7.71. The Kier molecular flexibility index (Phi) is 5.80. The van der Waals surface area contributed by atoms with Gasteiger partial charge in [-0.1, -0.05) is 12.1 Å². The molecule has 2 aromatic rings. The maximum atomic E-state index is 12.5. The fourth-order valence-electron chi connectivity index (χ4n) is 2.30. The maximum absolute atomic E-state index is 12.5. The lowest BCUT2D eigenvalue weighted by Gasteiger charge is -2.10. The molecule has 0 radical (unpaired) electrons. The number of benzene rings is 2. The summed E-state index contributed by atoms with van der Waals surface area (Å²) in [6.45, 7) is 3.84. The lowest BCUT2D eigenvalue weighted by Crippen LogP contribution is -2.14. The topological polar surface area (TPSA) is 71.3 Å². The highest BCUT2D eigenvalue weighted by atomic mass is 16.5. The van der Waals surface area contributed by atoms with Crippen LogP contribution in [-0.4, -0.2) is 20.1 Å². The molecule has 0 atom stereocenters. The summed E-state index contributed by atoms with van der Waals surface area (Å²) in [5, 5.41) is 12.2. The van der Waals surface area contributed by atoms with Crippen molar-refractivity contribution in [3.63, 3.8) is 0 Å². The van der Waals surface area contributed by atoms with E-state index in [9.17, 15) is 10.1 Å². The van der Waals surface area contributed by atoms with Gasteiger partial charge in [0, 0.05) is 17.3 Å². The van der Waals surface area contributed by atoms with E-state index in [0.29, 0.717) is 22.7 Å². The van der Waals surface area contributed by atoms with Crippen LogP contribution in [0, 0.1) is 25.2 Å². The molecule has 1 N–H and O–H groups in total. The molecule has 1 amide bonds. The number of rotatable bonds is 5. The van der Waals surface area contributed by atoms with Crippen LogP contribution < -0.4 is 14.8 Å². The van der Waals surface area contributed by atoms with E-state index in [-0.39, 0.29) is 5.57 Å². The molecule has 128 valence electrons. The summed E-state index contributed by atoms with van der Waals surface area (Å²) in [5.41, 5.74) is 3.26. The highest BCUT2D eigenvalue weighted by Crippen LogP contribution is 2.27. The van der Waals surface area contributed by atoms with Gasteiger partial charge in [-0.2, -0.15) is 5.26 Å². The highest BCUT2D eigenvalue weighted by Gasteiger charge is 2.13. The summed E-state index contributed by atoms with van der Waals surface area (Å²) < 4.78 is 10.4. The van der Waals surface area contributed by atoms with Gasteiger partial charge in [0.1, 0.15) is 23.1 Å². The second kappa shape index (κ2) is 8.02. The van der Waals surface area contributed by atoms with Crippen molar-refractivity contribution < 1.29 is 14.3 Å². The summed E-state index contributed by atoms with van der Waals surface area (Å²) >= 11 is 0. The largest absolute Gasteiger partial charge is 0.497 e. The van der Waals surface area contributed by atoms with Crippen molar-refractivity contribution in [1.29, 1.82) is 5.26 Å². The zero-order chi connectivity index (χ0) is 18.4. The van der Waals surface area contributed by atoms with Gasteiger partial charge in [0.15, 0.2) is 0 Å². The zero-order valence-electron chi connectivity index (χ0n) is 14.7. The third-order valence-corrected chi connectivity index (χ3v) is 3.75. The van der Waals surface area contributed by atoms with Crippen LogP contribution in [0.3, 0.4) is 0 Å². The van der Waals surface area contributed by atoms with Crippen molar-refractivity contribution in [2.24, 2.45) is 0 Å². The van der Waals surface area contributed by atoms with Crippen LogP contribution in [-0.2, 0) is 4.79 Å². The minimum atomic E-state index is -0.464.